The summed E-state index contributed by atoms with van der Waals surface area (Å²) in [6.07, 6.45) is 7.75. The molecule has 0 aromatic carbocycles. The molecule has 1 aliphatic heterocycles. The molecule has 2 nitrogen and oxygen atoms in total. The Hall–Kier alpha value is 0.270. The van der Waals surface area contributed by atoms with Crippen LogP contribution in [0.5, 0.6) is 0 Å². The molecular formula is C11H23NOS. The zero-order chi connectivity index (χ0) is 10.2. The lowest BCUT2D eigenvalue weighted by Crippen LogP contribution is -2.29. The maximum Gasteiger partial charge on any atom is 0.0576 e. The second-order valence-electron chi connectivity index (χ2n) is 4.09. The molecule has 1 fully saturated rings. The molecule has 1 heterocycles. The summed E-state index contributed by atoms with van der Waals surface area (Å²) in [5, 5.41) is 3.53. The van der Waals surface area contributed by atoms with Gasteiger partial charge in [-0.15, -0.1) is 0 Å². The quantitative estimate of drug-likeness (QED) is 0.661. The molecule has 1 saturated heterocycles. The van der Waals surface area contributed by atoms with Crippen LogP contribution in [0.3, 0.4) is 0 Å². The smallest absolute Gasteiger partial charge is 0.0576 e. The van der Waals surface area contributed by atoms with Gasteiger partial charge in [-0.05, 0) is 45.4 Å². The molecular weight excluding hydrogens is 194 g/mol. The molecule has 2 unspecified atom stereocenters. The van der Waals surface area contributed by atoms with E-state index in [1.807, 2.05) is 11.8 Å². The Labute approximate surface area is 92.2 Å². The van der Waals surface area contributed by atoms with Crippen molar-refractivity contribution >= 4 is 11.8 Å². The molecule has 0 amide bonds. The SMILES string of the molecule is CSCC(C)NCCCC1CCCO1. The molecule has 0 bridgehead atoms. The molecule has 1 N–H and O–H groups in total. The Morgan fingerprint density at radius 2 is 2.43 bits per heavy atom. The highest BCUT2D eigenvalue weighted by Gasteiger charge is 2.14. The van der Waals surface area contributed by atoms with E-state index in [9.17, 15) is 0 Å². The van der Waals surface area contributed by atoms with Crippen molar-refractivity contribution in [3.63, 3.8) is 0 Å². The van der Waals surface area contributed by atoms with Crippen LogP contribution < -0.4 is 5.32 Å². The summed E-state index contributed by atoms with van der Waals surface area (Å²) >= 11 is 1.91. The van der Waals surface area contributed by atoms with Crippen LogP contribution >= 0.6 is 11.8 Å². The second kappa shape index (κ2) is 7.55. The molecule has 0 radical (unpaired) electrons. The van der Waals surface area contributed by atoms with E-state index < -0.39 is 0 Å². The lowest BCUT2D eigenvalue weighted by molar-refractivity contribution is 0.102. The molecule has 0 spiro atoms. The van der Waals surface area contributed by atoms with Gasteiger partial charge >= 0.3 is 0 Å². The zero-order valence-electron chi connectivity index (χ0n) is 9.42. The van der Waals surface area contributed by atoms with Gasteiger partial charge in [-0.1, -0.05) is 0 Å². The molecule has 84 valence electrons. The van der Waals surface area contributed by atoms with E-state index in [0.717, 1.165) is 13.2 Å². The third-order valence-electron chi connectivity index (χ3n) is 2.64. The molecule has 0 aliphatic carbocycles. The molecule has 0 aromatic heterocycles. The van der Waals surface area contributed by atoms with Crippen LogP contribution in [0.4, 0.5) is 0 Å². The summed E-state index contributed by atoms with van der Waals surface area (Å²) in [5.41, 5.74) is 0. The summed E-state index contributed by atoms with van der Waals surface area (Å²) in [7, 11) is 0. The predicted octanol–water partition coefficient (Wildman–Crippen LogP) is 2.29. The fraction of sp³-hybridized carbons (Fsp3) is 1.00. The topological polar surface area (TPSA) is 21.3 Å². The first-order valence-corrected chi connectivity index (χ1v) is 7.06. The molecule has 14 heavy (non-hydrogen) atoms. The van der Waals surface area contributed by atoms with Gasteiger partial charge in [0.05, 0.1) is 6.10 Å². The number of ether oxygens (including phenoxy) is 1. The standard InChI is InChI=1S/C11H23NOS/c1-10(9-14-2)12-7-3-5-11-6-4-8-13-11/h10-12H,3-9H2,1-2H3. The fourth-order valence-electron chi connectivity index (χ4n) is 1.86. The number of rotatable bonds is 7. The minimum absolute atomic E-state index is 0.563. The van der Waals surface area contributed by atoms with Gasteiger partial charge in [0.2, 0.25) is 0 Å². The highest BCUT2D eigenvalue weighted by molar-refractivity contribution is 7.98. The lowest BCUT2D eigenvalue weighted by Gasteiger charge is -2.13. The van der Waals surface area contributed by atoms with E-state index >= 15 is 0 Å². The van der Waals surface area contributed by atoms with Crippen LogP contribution in [0.25, 0.3) is 0 Å². The normalized spacial score (nSPS) is 24.0. The lowest BCUT2D eigenvalue weighted by atomic mass is 10.1. The fourth-order valence-corrected chi connectivity index (χ4v) is 2.48. The Morgan fingerprint density at radius 3 is 3.07 bits per heavy atom. The molecule has 1 aliphatic rings. The number of hydrogen-bond acceptors (Lipinski definition) is 3. The van der Waals surface area contributed by atoms with E-state index in [-0.39, 0.29) is 0 Å². The van der Waals surface area contributed by atoms with Crippen LogP contribution in [0.15, 0.2) is 0 Å². The second-order valence-corrected chi connectivity index (χ2v) is 5.00. The highest BCUT2D eigenvalue weighted by Crippen LogP contribution is 2.16. The van der Waals surface area contributed by atoms with Gasteiger partial charge in [0.1, 0.15) is 0 Å². The van der Waals surface area contributed by atoms with Crippen LogP contribution in [0.2, 0.25) is 0 Å². The van der Waals surface area contributed by atoms with Gasteiger partial charge in [-0.25, -0.2) is 0 Å². The number of thioether (sulfide) groups is 1. The largest absolute Gasteiger partial charge is 0.378 e. The van der Waals surface area contributed by atoms with E-state index in [1.54, 1.807) is 0 Å². The summed E-state index contributed by atoms with van der Waals surface area (Å²) in [5.74, 6) is 1.21. The number of hydrogen-bond donors (Lipinski definition) is 1. The highest BCUT2D eigenvalue weighted by atomic mass is 32.2. The van der Waals surface area contributed by atoms with E-state index in [0.29, 0.717) is 12.1 Å². The summed E-state index contributed by atoms with van der Waals surface area (Å²) in [4.78, 5) is 0. The predicted molar refractivity (Wildman–Crippen MR) is 64.1 cm³/mol. The van der Waals surface area contributed by atoms with Crippen molar-refractivity contribution in [1.29, 1.82) is 0 Å². The van der Waals surface area contributed by atoms with E-state index in [1.165, 1.54) is 31.4 Å². The first-order chi connectivity index (χ1) is 6.83. The molecule has 0 aromatic rings. The van der Waals surface area contributed by atoms with E-state index in [2.05, 4.69) is 18.5 Å². The van der Waals surface area contributed by atoms with Crippen LogP contribution in [0, 0.1) is 0 Å². The Morgan fingerprint density at radius 1 is 1.57 bits per heavy atom. The Bertz CT molecular complexity index is 137. The first kappa shape index (κ1) is 12.3. The van der Waals surface area contributed by atoms with Gasteiger partial charge in [0, 0.05) is 18.4 Å². The van der Waals surface area contributed by atoms with Crippen LogP contribution in [-0.2, 0) is 4.74 Å². The maximum atomic E-state index is 5.58. The van der Waals surface area contributed by atoms with Gasteiger partial charge in [-0.2, -0.15) is 11.8 Å². The minimum Gasteiger partial charge on any atom is -0.378 e. The van der Waals surface area contributed by atoms with Crippen LogP contribution in [0.1, 0.15) is 32.6 Å². The Balaban J connectivity index is 1.88. The zero-order valence-corrected chi connectivity index (χ0v) is 10.2. The monoisotopic (exact) mass is 217 g/mol. The maximum absolute atomic E-state index is 5.58. The van der Waals surface area contributed by atoms with Gasteiger partial charge < -0.3 is 10.1 Å². The van der Waals surface area contributed by atoms with Crippen molar-refractivity contribution in [3.8, 4) is 0 Å². The van der Waals surface area contributed by atoms with E-state index in [4.69, 9.17) is 4.74 Å². The van der Waals surface area contributed by atoms with Crippen molar-refractivity contribution in [2.45, 2.75) is 44.8 Å². The van der Waals surface area contributed by atoms with Crippen molar-refractivity contribution < 1.29 is 4.74 Å². The van der Waals surface area contributed by atoms with Crippen molar-refractivity contribution in [1.82, 2.24) is 5.32 Å². The van der Waals surface area contributed by atoms with Crippen molar-refractivity contribution in [2.75, 3.05) is 25.2 Å². The Kier molecular flexibility index (Phi) is 6.65. The molecule has 1 rings (SSSR count). The average molecular weight is 217 g/mol. The average Bonchev–Trinajstić information content (AvgIpc) is 2.65. The third-order valence-corrected chi connectivity index (χ3v) is 3.47. The van der Waals surface area contributed by atoms with Crippen LogP contribution in [-0.4, -0.2) is 37.3 Å². The minimum atomic E-state index is 0.563. The summed E-state index contributed by atoms with van der Waals surface area (Å²) < 4.78 is 5.58. The van der Waals surface area contributed by atoms with Gasteiger partial charge in [0.25, 0.3) is 0 Å². The summed E-state index contributed by atoms with van der Waals surface area (Å²) in [6, 6.07) is 0.648. The first-order valence-electron chi connectivity index (χ1n) is 5.67. The molecule has 0 saturated carbocycles. The molecule has 3 heteroatoms. The van der Waals surface area contributed by atoms with Gasteiger partial charge in [0.15, 0.2) is 0 Å². The number of nitrogens with one attached hydrogen (secondary N) is 1. The van der Waals surface area contributed by atoms with Crippen molar-refractivity contribution in [3.05, 3.63) is 0 Å². The molecule has 2 atom stereocenters. The third kappa shape index (κ3) is 5.23. The summed E-state index contributed by atoms with van der Waals surface area (Å²) in [6.45, 7) is 4.38. The van der Waals surface area contributed by atoms with Crippen molar-refractivity contribution in [2.24, 2.45) is 0 Å². The van der Waals surface area contributed by atoms with Gasteiger partial charge in [-0.3, -0.25) is 0 Å².